The largest absolute Gasteiger partial charge is 0.337 e. The van der Waals surface area contributed by atoms with Gasteiger partial charge in [0.1, 0.15) is 5.82 Å². The van der Waals surface area contributed by atoms with E-state index in [2.05, 4.69) is 30.6 Å². The SMILES string of the molecule is Cn1ccnc1CN1CC(SNC(=O)Nc2c3c(cc4c2CCC4)CCC3)C1. The van der Waals surface area contributed by atoms with Crippen LogP contribution >= 0.6 is 11.9 Å². The van der Waals surface area contributed by atoms with Gasteiger partial charge in [-0.3, -0.25) is 9.62 Å². The number of carbonyl (C=O) groups is 1. The first-order valence-electron chi connectivity index (χ1n) is 10.2. The molecule has 0 saturated carbocycles. The lowest BCUT2D eigenvalue weighted by Gasteiger charge is -2.38. The van der Waals surface area contributed by atoms with Crippen molar-refractivity contribution in [2.45, 2.75) is 50.3 Å². The minimum Gasteiger partial charge on any atom is -0.337 e. The molecule has 2 N–H and O–H groups in total. The highest BCUT2D eigenvalue weighted by atomic mass is 32.2. The number of urea groups is 1. The summed E-state index contributed by atoms with van der Waals surface area (Å²) in [5.74, 6) is 1.08. The summed E-state index contributed by atoms with van der Waals surface area (Å²) >= 11 is 1.55. The summed E-state index contributed by atoms with van der Waals surface area (Å²) in [6.45, 7) is 2.83. The van der Waals surface area contributed by atoms with Crippen molar-refractivity contribution in [3.63, 3.8) is 0 Å². The van der Waals surface area contributed by atoms with Crippen molar-refractivity contribution in [1.82, 2.24) is 19.2 Å². The zero-order valence-corrected chi connectivity index (χ0v) is 17.1. The molecule has 1 saturated heterocycles. The van der Waals surface area contributed by atoms with Gasteiger partial charge in [0.2, 0.25) is 0 Å². The fraction of sp³-hybridized carbons (Fsp3) is 0.524. The molecule has 2 aromatic rings. The van der Waals surface area contributed by atoms with Gasteiger partial charge in [-0.15, -0.1) is 0 Å². The van der Waals surface area contributed by atoms with Gasteiger partial charge in [0.05, 0.1) is 11.8 Å². The van der Waals surface area contributed by atoms with Crippen molar-refractivity contribution in [2.24, 2.45) is 7.05 Å². The summed E-state index contributed by atoms with van der Waals surface area (Å²) in [5, 5.41) is 3.65. The standard InChI is InChI=1S/C21H27N5OS/c1-25-9-8-22-19(25)13-26-11-16(12-26)28-24-21(27)23-20-17-6-2-4-14(17)10-15-5-3-7-18(15)20/h8-10,16H,2-7,11-13H2,1H3,(H2,23,24,27). The first-order chi connectivity index (χ1) is 13.7. The van der Waals surface area contributed by atoms with Gasteiger partial charge < -0.3 is 9.88 Å². The molecular weight excluding hydrogens is 370 g/mol. The van der Waals surface area contributed by atoms with E-state index in [-0.39, 0.29) is 6.03 Å². The zero-order valence-electron chi connectivity index (χ0n) is 16.3. The molecule has 0 radical (unpaired) electrons. The second-order valence-electron chi connectivity index (χ2n) is 8.18. The minimum absolute atomic E-state index is 0.0815. The summed E-state index contributed by atoms with van der Waals surface area (Å²) < 4.78 is 5.08. The second-order valence-corrected chi connectivity index (χ2v) is 9.29. The maximum absolute atomic E-state index is 12.6. The number of rotatable bonds is 5. The summed E-state index contributed by atoms with van der Waals surface area (Å²) in [6.07, 6.45) is 10.7. The number of fused-ring (bicyclic) bond motifs is 2. The van der Waals surface area contributed by atoms with Crippen LogP contribution in [0.1, 0.15) is 40.9 Å². The minimum atomic E-state index is -0.0815. The van der Waals surface area contributed by atoms with Crippen LogP contribution in [-0.4, -0.2) is 38.8 Å². The normalized spacial score (nSPS) is 18.6. The summed E-state index contributed by atoms with van der Waals surface area (Å²) in [4.78, 5) is 19.3. The summed E-state index contributed by atoms with van der Waals surface area (Å²) in [6, 6.07) is 2.31. The maximum Gasteiger partial charge on any atom is 0.329 e. The lowest BCUT2D eigenvalue weighted by molar-refractivity contribution is 0.175. The molecule has 1 fully saturated rings. The van der Waals surface area contributed by atoms with Crippen molar-refractivity contribution in [3.05, 3.63) is 46.5 Å². The van der Waals surface area contributed by atoms with E-state index in [9.17, 15) is 4.79 Å². The number of carbonyl (C=O) groups excluding carboxylic acids is 1. The Labute approximate surface area is 170 Å². The number of hydrogen-bond acceptors (Lipinski definition) is 4. The number of aromatic nitrogens is 2. The Morgan fingerprint density at radius 1 is 1.18 bits per heavy atom. The third-order valence-electron chi connectivity index (χ3n) is 6.24. The smallest absolute Gasteiger partial charge is 0.329 e. The van der Waals surface area contributed by atoms with E-state index in [1.54, 1.807) is 11.9 Å². The topological polar surface area (TPSA) is 62.2 Å². The van der Waals surface area contributed by atoms with Gasteiger partial charge in [-0.1, -0.05) is 6.07 Å². The van der Waals surface area contributed by atoms with Crippen LogP contribution in [0, 0.1) is 0 Å². The van der Waals surface area contributed by atoms with Crippen LogP contribution in [0.5, 0.6) is 0 Å². The molecule has 2 aliphatic carbocycles. The molecule has 5 rings (SSSR count). The number of imidazole rings is 1. The Kier molecular flexibility index (Phi) is 4.80. The highest BCUT2D eigenvalue weighted by Gasteiger charge is 2.29. The number of amides is 2. The Bertz CT molecular complexity index is 870. The van der Waals surface area contributed by atoms with Crippen LogP contribution in [0.25, 0.3) is 0 Å². The molecule has 7 heteroatoms. The van der Waals surface area contributed by atoms with Gasteiger partial charge in [-0.25, -0.2) is 9.78 Å². The highest BCUT2D eigenvalue weighted by molar-refractivity contribution is 7.98. The Hall–Kier alpha value is -1.99. The second kappa shape index (κ2) is 7.44. The molecule has 0 bridgehead atoms. The Morgan fingerprint density at radius 2 is 1.89 bits per heavy atom. The molecular formula is C21H27N5OS. The number of hydrogen-bond donors (Lipinski definition) is 2. The predicted molar refractivity (Wildman–Crippen MR) is 113 cm³/mol. The van der Waals surface area contributed by atoms with E-state index in [0.717, 1.165) is 56.8 Å². The molecule has 0 spiro atoms. The van der Waals surface area contributed by atoms with Crippen molar-refractivity contribution in [1.29, 1.82) is 0 Å². The molecule has 0 unspecified atom stereocenters. The predicted octanol–water partition coefficient (Wildman–Crippen LogP) is 3.05. The molecule has 1 aliphatic heterocycles. The van der Waals surface area contributed by atoms with Crippen LogP contribution < -0.4 is 10.0 Å². The van der Waals surface area contributed by atoms with Crippen molar-refractivity contribution >= 4 is 23.7 Å². The molecule has 1 aromatic carbocycles. The quantitative estimate of drug-likeness (QED) is 0.762. The third-order valence-corrected chi connectivity index (χ3v) is 7.17. The maximum atomic E-state index is 12.6. The van der Waals surface area contributed by atoms with Crippen LogP contribution in [-0.2, 0) is 39.3 Å². The van der Waals surface area contributed by atoms with Crippen LogP contribution in [0.3, 0.4) is 0 Å². The van der Waals surface area contributed by atoms with Gasteiger partial charge in [0.25, 0.3) is 0 Å². The Balaban J connectivity index is 1.14. The fourth-order valence-electron chi connectivity index (χ4n) is 4.72. The van der Waals surface area contributed by atoms with E-state index < -0.39 is 0 Å². The highest BCUT2D eigenvalue weighted by Crippen LogP contribution is 2.38. The van der Waals surface area contributed by atoms with Crippen molar-refractivity contribution in [2.75, 3.05) is 18.4 Å². The molecule has 28 heavy (non-hydrogen) atoms. The van der Waals surface area contributed by atoms with Gasteiger partial charge in [-0.2, -0.15) is 0 Å². The number of likely N-dealkylation sites (tertiary alicyclic amines) is 1. The number of nitrogens with zero attached hydrogens (tertiary/aromatic N) is 3. The third kappa shape index (κ3) is 3.42. The number of aryl methyl sites for hydroxylation is 3. The van der Waals surface area contributed by atoms with Crippen LogP contribution in [0.2, 0.25) is 0 Å². The molecule has 148 valence electrons. The van der Waals surface area contributed by atoms with E-state index in [1.807, 2.05) is 19.4 Å². The average Bonchev–Trinajstić information content (AvgIpc) is 3.37. The molecule has 0 atom stereocenters. The van der Waals surface area contributed by atoms with Gasteiger partial charge >= 0.3 is 6.03 Å². The number of nitrogens with one attached hydrogen (secondary N) is 2. The molecule has 3 aliphatic rings. The lowest BCUT2D eigenvalue weighted by atomic mass is 9.99. The van der Waals surface area contributed by atoms with E-state index in [4.69, 9.17) is 0 Å². The molecule has 2 amide bonds. The fourth-order valence-corrected chi connectivity index (χ4v) is 5.61. The molecule has 2 heterocycles. The first kappa shape index (κ1) is 18.1. The van der Waals surface area contributed by atoms with Crippen LogP contribution in [0.4, 0.5) is 10.5 Å². The summed E-state index contributed by atoms with van der Waals surface area (Å²) in [7, 11) is 2.03. The van der Waals surface area contributed by atoms with Gasteiger partial charge in [-0.05, 0) is 72.7 Å². The van der Waals surface area contributed by atoms with Gasteiger partial charge in [0, 0.05) is 38.2 Å². The van der Waals surface area contributed by atoms with Crippen molar-refractivity contribution in [3.8, 4) is 0 Å². The van der Waals surface area contributed by atoms with Crippen LogP contribution in [0.15, 0.2) is 18.5 Å². The lowest BCUT2D eigenvalue weighted by Crippen LogP contribution is -2.50. The Morgan fingerprint density at radius 3 is 2.54 bits per heavy atom. The zero-order chi connectivity index (χ0) is 19.1. The number of anilines is 1. The molecule has 6 nitrogen and oxygen atoms in total. The van der Waals surface area contributed by atoms with Crippen molar-refractivity contribution < 1.29 is 4.79 Å². The monoisotopic (exact) mass is 397 g/mol. The average molecular weight is 398 g/mol. The number of benzene rings is 1. The van der Waals surface area contributed by atoms with E-state index in [1.165, 1.54) is 35.1 Å². The van der Waals surface area contributed by atoms with Gasteiger partial charge in [0.15, 0.2) is 0 Å². The first-order valence-corrected chi connectivity index (χ1v) is 11.1. The van der Waals surface area contributed by atoms with E-state index in [0.29, 0.717) is 5.25 Å². The van der Waals surface area contributed by atoms with E-state index >= 15 is 0 Å². The molecule has 1 aromatic heterocycles. The summed E-state index contributed by atoms with van der Waals surface area (Å²) in [5.41, 5.74) is 6.78.